The molecule has 1 atom stereocenters. The fourth-order valence-electron chi connectivity index (χ4n) is 1.48. The van der Waals surface area contributed by atoms with Crippen LogP contribution in [0.3, 0.4) is 0 Å². The van der Waals surface area contributed by atoms with E-state index in [-0.39, 0.29) is 5.88 Å². The highest BCUT2D eigenvalue weighted by Crippen LogP contribution is 2.30. The normalized spacial score (nSPS) is 19.8. The van der Waals surface area contributed by atoms with Crippen molar-refractivity contribution in [3.8, 4) is 5.75 Å². The van der Waals surface area contributed by atoms with Crippen LogP contribution in [0.1, 0.15) is 11.7 Å². The molecule has 16 heavy (non-hydrogen) atoms. The van der Waals surface area contributed by atoms with E-state index in [1.54, 1.807) is 31.4 Å². The highest BCUT2D eigenvalue weighted by atomic mass is 16.5. The molecule has 2 rings (SSSR count). The van der Waals surface area contributed by atoms with E-state index in [0.717, 1.165) is 0 Å². The molecule has 0 aromatic heterocycles. The fourth-order valence-corrected chi connectivity index (χ4v) is 1.48. The molecule has 1 aliphatic heterocycles. The predicted octanol–water partition coefficient (Wildman–Crippen LogP) is 1.02. The summed E-state index contributed by atoms with van der Waals surface area (Å²) in [5, 5.41) is 9.25. The summed E-state index contributed by atoms with van der Waals surface area (Å²) in [6.45, 7) is 0. The molecule has 1 heterocycles. The summed E-state index contributed by atoms with van der Waals surface area (Å²) in [6, 6.07) is 6.79. The first-order chi connectivity index (χ1) is 7.63. The van der Waals surface area contributed by atoms with Crippen LogP contribution in [0.4, 0.5) is 0 Å². The second-order valence-electron chi connectivity index (χ2n) is 3.35. The van der Waals surface area contributed by atoms with Crippen LogP contribution in [0.2, 0.25) is 0 Å². The number of ketones is 1. The molecular weight excluding hydrogens is 210 g/mol. The molecule has 0 spiro atoms. The number of nitrogens with two attached hydrogens (primary N) is 1. The third kappa shape index (κ3) is 1.56. The topological polar surface area (TPSA) is 81.8 Å². The highest BCUT2D eigenvalue weighted by Gasteiger charge is 2.35. The summed E-state index contributed by atoms with van der Waals surface area (Å²) >= 11 is 0. The number of ether oxygens (including phenoxy) is 2. The number of hydrogen-bond donors (Lipinski definition) is 2. The van der Waals surface area contributed by atoms with Crippen LogP contribution in [-0.4, -0.2) is 18.0 Å². The Balaban J connectivity index is 2.24. The van der Waals surface area contributed by atoms with Gasteiger partial charge in [-0.15, -0.1) is 0 Å². The summed E-state index contributed by atoms with van der Waals surface area (Å²) in [5.41, 5.74) is 5.94. The minimum Gasteiger partial charge on any atom is -0.501 e. The third-order valence-electron chi connectivity index (χ3n) is 2.37. The minimum atomic E-state index is -0.856. The largest absolute Gasteiger partial charge is 0.501 e. The zero-order chi connectivity index (χ0) is 11.7. The van der Waals surface area contributed by atoms with Gasteiger partial charge in [-0.25, -0.2) is 0 Å². The van der Waals surface area contributed by atoms with Crippen molar-refractivity contribution >= 4 is 5.78 Å². The predicted molar refractivity (Wildman–Crippen MR) is 55.7 cm³/mol. The number of methoxy groups -OCH3 is 1. The quantitative estimate of drug-likeness (QED) is 0.779. The maximum Gasteiger partial charge on any atom is 0.247 e. The molecule has 1 aromatic rings. The summed E-state index contributed by atoms with van der Waals surface area (Å²) in [5.74, 6) is -0.589. The zero-order valence-electron chi connectivity index (χ0n) is 8.64. The molecule has 1 aromatic carbocycles. The molecule has 0 amide bonds. The molecule has 5 heteroatoms. The van der Waals surface area contributed by atoms with Crippen LogP contribution < -0.4 is 10.5 Å². The molecule has 1 aliphatic rings. The Kier molecular flexibility index (Phi) is 2.44. The van der Waals surface area contributed by atoms with Crippen molar-refractivity contribution in [3.05, 3.63) is 41.5 Å². The van der Waals surface area contributed by atoms with Gasteiger partial charge >= 0.3 is 0 Å². The summed E-state index contributed by atoms with van der Waals surface area (Å²) < 4.78 is 10.1. The molecule has 3 N–H and O–H groups in total. The Hall–Kier alpha value is -2.17. The number of carbonyl (C=O) groups excluding carboxylic acids is 1. The summed E-state index contributed by atoms with van der Waals surface area (Å²) in [4.78, 5) is 11.5. The van der Waals surface area contributed by atoms with Crippen LogP contribution in [-0.2, 0) is 9.53 Å². The molecule has 84 valence electrons. The first-order valence-corrected chi connectivity index (χ1v) is 4.67. The van der Waals surface area contributed by atoms with Crippen molar-refractivity contribution < 1.29 is 19.4 Å². The van der Waals surface area contributed by atoms with Gasteiger partial charge in [-0.3, -0.25) is 4.79 Å². The van der Waals surface area contributed by atoms with Crippen molar-refractivity contribution in [2.75, 3.05) is 7.11 Å². The average molecular weight is 221 g/mol. The van der Waals surface area contributed by atoms with Crippen LogP contribution in [0.25, 0.3) is 0 Å². The van der Waals surface area contributed by atoms with Gasteiger partial charge in [0.05, 0.1) is 7.11 Å². The number of carbonyl (C=O) groups is 1. The first-order valence-electron chi connectivity index (χ1n) is 4.67. The Morgan fingerprint density at radius 1 is 1.38 bits per heavy atom. The molecular formula is C11H11NO4. The van der Waals surface area contributed by atoms with Gasteiger partial charge in [0.2, 0.25) is 17.4 Å². The molecule has 0 aliphatic carbocycles. The van der Waals surface area contributed by atoms with Gasteiger partial charge in [-0.05, 0) is 12.1 Å². The molecule has 1 unspecified atom stereocenters. The Bertz CT molecular complexity index is 450. The van der Waals surface area contributed by atoms with Gasteiger partial charge in [-0.2, -0.15) is 0 Å². The number of hydrogen-bond acceptors (Lipinski definition) is 5. The van der Waals surface area contributed by atoms with Crippen LogP contribution >= 0.6 is 0 Å². The van der Waals surface area contributed by atoms with Crippen molar-refractivity contribution in [1.82, 2.24) is 0 Å². The molecule has 5 nitrogen and oxygen atoms in total. The second-order valence-corrected chi connectivity index (χ2v) is 3.35. The first kappa shape index (κ1) is 10.4. The second kappa shape index (κ2) is 3.77. The van der Waals surface area contributed by atoms with E-state index in [2.05, 4.69) is 0 Å². The molecule has 0 radical (unpaired) electrons. The Labute approximate surface area is 92.1 Å². The molecule has 0 fully saturated rings. The number of Topliss-reactive ketones (excluding diaryl/α,β-unsaturated/α-hetero) is 1. The molecule has 0 bridgehead atoms. The number of aliphatic hydroxyl groups is 1. The lowest BCUT2D eigenvalue weighted by atomic mass is 10.1. The lowest BCUT2D eigenvalue weighted by Gasteiger charge is -2.10. The van der Waals surface area contributed by atoms with Gasteiger partial charge in [0.25, 0.3) is 0 Å². The van der Waals surface area contributed by atoms with E-state index in [9.17, 15) is 9.90 Å². The zero-order valence-corrected chi connectivity index (χ0v) is 8.64. The molecule has 0 saturated carbocycles. The van der Waals surface area contributed by atoms with Gasteiger partial charge in [-0.1, -0.05) is 12.1 Å². The Morgan fingerprint density at radius 3 is 2.44 bits per heavy atom. The number of aliphatic hydroxyl groups excluding tert-OH is 1. The standard InChI is InChI=1S/C11H11NO4/c1-15-7-4-2-6(3-5-7)10-8(13)9(14)11(12)16-10/h2-5,10,14H,12H2,1H3. The summed E-state index contributed by atoms with van der Waals surface area (Å²) in [6.07, 6.45) is -0.856. The third-order valence-corrected chi connectivity index (χ3v) is 2.37. The van der Waals surface area contributed by atoms with Crippen LogP contribution in [0.5, 0.6) is 5.75 Å². The van der Waals surface area contributed by atoms with Crippen LogP contribution in [0.15, 0.2) is 35.9 Å². The lowest BCUT2D eigenvalue weighted by molar-refractivity contribution is -0.123. The Morgan fingerprint density at radius 2 is 2.00 bits per heavy atom. The van der Waals surface area contributed by atoms with E-state index < -0.39 is 17.6 Å². The van der Waals surface area contributed by atoms with Gasteiger partial charge in [0.1, 0.15) is 5.75 Å². The van der Waals surface area contributed by atoms with Gasteiger partial charge < -0.3 is 20.3 Å². The lowest BCUT2D eigenvalue weighted by Crippen LogP contribution is -2.09. The summed E-state index contributed by atoms with van der Waals surface area (Å²) in [7, 11) is 1.55. The maximum absolute atomic E-state index is 11.5. The van der Waals surface area contributed by atoms with Crippen LogP contribution in [0, 0.1) is 0 Å². The van der Waals surface area contributed by atoms with E-state index in [1.165, 1.54) is 0 Å². The van der Waals surface area contributed by atoms with E-state index in [4.69, 9.17) is 15.2 Å². The van der Waals surface area contributed by atoms with Gasteiger partial charge in [0, 0.05) is 5.56 Å². The smallest absolute Gasteiger partial charge is 0.247 e. The number of rotatable bonds is 2. The molecule has 0 saturated heterocycles. The minimum absolute atomic E-state index is 0.231. The van der Waals surface area contributed by atoms with E-state index >= 15 is 0 Å². The monoisotopic (exact) mass is 221 g/mol. The maximum atomic E-state index is 11.5. The van der Waals surface area contributed by atoms with E-state index in [0.29, 0.717) is 11.3 Å². The SMILES string of the molecule is COc1ccc(C2OC(N)=C(O)C2=O)cc1. The van der Waals surface area contributed by atoms with E-state index in [1.807, 2.05) is 0 Å². The van der Waals surface area contributed by atoms with Crippen molar-refractivity contribution in [2.24, 2.45) is 5.73 Å². The highest BCUT2D eigenvalue weighted by molar-refractivity contribution is 5.99. The van der Waals surface area contributed by atoms with Gasteiger partial charge in [0.15, 0.2) is 6.10 Å². The van der Waals surface area contributed by atoms with Crippen molar-refractivity contribution in [2.45, 2.75) is 6.10 Å². The fraction of sp³-hybridized carbons (Fsp3) is 0.182. The average Bonchev–Trinajstić information content (AvgIpc) is 2.57. The van der Waals surface area contributed by atoms with Crippen molar-refractivity contribution in [1.29, 1.82) is 0 Å². The number of benzene rings is 1. The van der Waals surface area contributed by atoms with Crippen molar-refractivity contribution in [3.63, 3.8) is 0 Å².